The minimum absolute atomic E-state index is 0.0824. The van der Waals surface area contributed by atoms with Crippen LogP contribution in [0.15, 0.2) is 0 Å². The van der Waals surface area contributed by atoms with Crippen LogP contribution in [0.2, 0.25) is 13.3 Å². The first-order valence-corrected chi connectivity index (χ1v) is 19.6. The molecule has 2 fully saturated rings. The van der Waals surface area contributed by atoms with Gasteiger partial charge in [0.25, 0.3) is 0 Å². The first-order valence-electron chi connectivity index (χ1n) is 11.9. The molecule has 0 radical (unpaired) electrons. The third kappa shape index (κ3) is 5.17. The van der Waals surface area contributed by atoms with E-state index in [1.165, 1.54) is 39.7 Å². The fourth-order valence-corrected chi connectivity index (χ4v) is 25.1. The molecule has 2 saturated heterocycles. The fraction of sp³-hybridized carbons (Fsp3) is 0.913. The van der Waals surface area contributed by atoms with Crippen LogP contribution in [0.4, 0.5) is 0 Å². The molecule has 0 spiro atoms. The second-order valence-electron chi connectivity index (χ2n) is 9.11. The number of esters is 2. The summed E-state index contributed by atoms with van der Waals surface area (Å²) in [5.74, 6) is -0.867. The van der Waals surface area contributed by atoms with Crippen LogP contribution < -0.4 is 0 Å². The molecule has 0 amide bonds. The number of rotatable bonds is 13. The Hall–Kier alpha value is -0.341. The van der Waals surface area contributed by atoms with Crippen LogP contribution in [0.3, 0.4) is 0 Å². The molecule has 174 valence electrons. The molecular weight excluding hydrogens is 491 g/mol. The maximum absolute atomic E-state index is 13.5. The molecule has 2 rings (SSSR count). The van der Waals surface area contributed by atoms with Crippen LogP contribution >= 0.6 is 0 Å². The van der Waals surface area contributed by atoms with Gasteiger partial charge in [0.2, 0.25) is 0 Å². The second-order valence-corrected chi connectivity index (χ2v) is 22.7. The summed E-state index contributed by atoms with van der Waals surface area (Å²) in [6.07, 6.45) is 7.12. The summed E-state index contributed by atoms with van der Waals surface area (Å²) in [7, 11) is 3.01. The molecule has 2 aliphatic rings. The van der Waals surface area contributed by atoms with E-state index in [0.717, 1.165) is 19.3 Å². The zero-order chi connectivity index (χ0) is 22.2. The van der Waals surface area contributed by atoms with Crippen molar-refractivity contribution in [3.63, 3.8) is 0 Å². The van der Waals surface area contributed by atoms with E-state index >= 15 is 0 Å². The number of hydrogen-bond donors (Lipinski definition) is 0. The van der Waals surface area contributed by atoms with E-state index in [9.17, 15) is 9.59 Å². The zero-order valence-corrected chi connectivity index (χ0v) is 22.5. The number of carbonyl (C=O) groups is 2. The molecule has 30 heavy (non-hydrogen) atoms. The number of carbonyl (C=O) groups excluding carboxylic acids is 2. The van der Waals surface area contributed by atoms with Crippen molar-refractivity contribution < 1.29 is 28.5 Å². The average Bonchev–Trinajstić information content (AvgIpc) is 3.37. The van der Waals surface area contributed by atoms with Gasteiger partial charge in [0.1, 0.15) is 0 Å². The molecule has 2 heterocycles. The Morgan fingerprint density at radius 1 is 1.07 bits per heavy atom. The van der Waals surface area contributed by atoms with Crippen LogP contribution in [-0.2, 0) is 28.5 Å². The van der Waals surface area contributed by atoms with Gasteiger partial charge in [-0.05, 0) is 0 Å². The van der Waals surface area contributed by atoms with E-state index in [2.05, 4.69) is 20.8 Å². The van der Waals surface area contributed by atoms with Crippen LogP contribution in [0, 0.1) is 11.3 Å². The molecule has 6 nitrogen and oxygen atoms in total. The van der Waals surface area contributed by atoms with Gasteiger partial charge in [0.15, 0.2) is 0 Å². The van der Waals surface area contributed by atoms with Gasteiger partial charge < -0.3 is 0 Å². The molecule has 2 unspecified atom stereocenters. The summed E-state index contributed by atoms with van der Waals surface area (Å²) in [5.41, 5.74) is -0.826. The molecule has 0 aromatic carbocycles. The Kier molecular flexibility index (Phi) is 10.4. The topological polar surface area (TPSA) is 71.1 Å². The van der Waals surface area contributed by atoms with Crippen molar-refractivity contribution in [2.75, 3.05) is 20.8 Å². The molecule has 0 aromatic rings. The molecule has 7 heteroatoms. The summed E-state index contributed by atoms with van der Waals surface area (Å²) < 4.78 is 26.6. The predicted octanol–water partition coefficient (Wildman–Crippen LogP) is 4.86. The predicted molar refractivity (Wildman–Crippen MR) is 119 cm³/mol. The number of unbranched alkanes of at least 4 members (excludes halogenated alkanes) is 3. The van der Waals surface area contributed by atoms with Gasteiger partial charge in [-0.1, -0.05) is 0 Å². The Balaban J connectivity index is 2.56. The van der Waals surface area contributed by atoms with Gasteiger partial charge in [-0.2, -0.15) is 0 Å². The van der Waals surface area contributed by atoms with E-state index < -0.39 is 30.1 Å². The van der Waals surface area contributed by atoms with Gasteiger partial charge in [-0.3, -0.25) is 0 Å². The number of cyclic esters (lactones) is 1. The molecular formula is C23H42O6Sn. The molecule has 0 aliphatic carbocycles. The number of hydrogen-bond acceptors (Lipinski definition) is 6. The van der Waals surface area contributed by atoms with Crippen molar-refractivity contribution in [1.82, 2.24) is 0 Å². The van der Waals surface area contributed by atoms with Crippen LogP contribution in [0.1, 0.15) is 72.1 Å². The summed E-state index contributed by atoms with van der Waals surface area (Å²) >= 11 is -2.99. The first-order chi connectivity index (χ1) is 14.5. The second kappa shape index (κ2) is 12.0. The van der Waals surface area contributed by atoms with Crippen LogP contribution in [0.25, 0.3) is 0 Å². The van der Waals surface area contributed by atoms with E-state index in [1.54, 1.807) is 7.11 Å². The van der Waals surface area contributed by atoms with Crippen LogP contribution in [-0.4, -0.2) is 61.6 Å². The minimum atomic E-state index is -2.99. The summed E-state index contributed by atoms with van der Waals surface area (Å²) in [6, 6.07) is 0. The van der Waals surface area contributed by atoms with Gasteiger partial charge in [-0.15, -0.1) is 0 Å². The van der Waals surface area contributed by atoms with Gasteiger partial charge in [0.05, 0.1) is 0 Å². The third-order valence-electron chi connectivity index (χ3n) is 7.33. The molecule has 0 saturated carbocycles. The Bertz CT molecular complexity index is 546. The standard InChI is InChI=1S/C11H15O6.3C4H9.Sn/c1-14-9-7(5-8(12)17-9)11(10(13)15-2)3-4-16-6-11;3*1-3-4-2;/h6-7,9H,3-5H2,1-2H3;3*1,3-4H2,2H3;/t7?,9?,11-;;;;/m1..../s1. The van der Waals surface area contributed by atoms with Gasteiger partial charge in [-0.25, -0.2) is 0 Å². The number of ether oxygens (including phenoxy) is 4. The zero-order valence-electron chi connectivity index (χ0n) is 19.7. The molecule has 2 aliphatic heterocycles. The molecule has 0 aromatic heterocycles. The van der Waals surface area contributed by atoms with E-state index in [0.29, 0.717) is 13.0 Å². The first kappa shape index (κ1) is 25.9. The maximum atomic E-state index is 13.5. The fourth-order valence-electron chi connectivity index (χ4n) is 5.81. The van der Waals surface area contributed by atoms with Crippen molar-refractivity contribution in [2.45, 2.75) is 95.9 Å². The summed E-state index contributed by atoms with van der Waals surface area (Å²) in [6.45, 7) is 7.27. The number of methoxy groups -OCH3 is 2. The van der Waals surface area contributed by atoms with E-state index in [1.807, 2.05) is 0 Å². The monoisotopic (exact) mass is 534 g/mol. The summed E-state index contributed by atoms with van der Waals surface area (Å²) in [5, 5.41) is 0. The van der Waals surface area contributed by atoms with Gasteiger partial charge in [0, 0.05) is 0 Å². The van der Waals surface area contributed by atoms with Crippen molar-refractivity contribution in [3.8, 4) is 0 Å². The van der Waals surface area contributed by atoms with E-state index in [4.69, 9.17) is 18.9 Å². The normalized spacial score (nSPS) is 29.2. The third-order valence-corrected chi connectivity index (χ3v) is 24.0. The Morgan fingerprint density at radius 2 is 1.63 bits per heavy atom. The molecule has 0 N–H and O–H groups in total. The van der Waals surface area contributed by atoms with E-state index in [-0.39, 0.29) is 28.4 Å². The Labute approximate surface area is 186 Å². The molecule has 0 bridgehead atoms. The van der Waals surface area contributed by atoms with Gasteiger partial charge >= 0.3 is 187 Å². The Morgan fingerprint density at radius 3 is 2.10 bits per heavy atom. The average molecular weight is 533 g/mol. The summed E-state index contributed by atoms with van der Waals surface area (Å²) in [4.78, 5) is 25.7. The van der Waals surface area contributed by atoms with Crippen molar-refractivity contribution in [2.24, 2.45) is 11.3 Å². The molecule has 4 atom stereocenters. The quantitative estimate of drug-likeness (QED) is 0.249. The van der Waals surface area contributed by atoms with Crippen molar-refractivity contribution in [3.05, 3.63) is 0 Å². The SMILES string of the molecule is CCC[CH2][Sn]([CH2]CCC)([CH2]CCC)[C@H]1OCC[C@]1(C(=O)OC)C1CC(=O)OC1OC. The van der Waals surface area contributed by atoms with Crippen molar-refractivity contribution in [1.29, 1.82) is 0 Å². The van der Waals surface area contributed by atoms with Crippen LogP contribution in [0.5, 0.6) is 0 Å². The van der Waals surface area contributed by atoms with Crippen molar-refractivity contribution >= 4 is 30.3 Å².